The molecule has 1 unspecified atom stereocenters. The summed E-state index contributed by atoms with van der Waals surface area (Å²) < 4.78 is 5.81. The third-order valence-corrected chi connectivity index (χ3v) is 4.55. The van der Waals surface area contributed by atoms with E-state index in [4.69, 9.17) is 4.74 Å². The first-order valence-corrected chi connectivity index (χ1v) is 8.63. The van der Waals surface area contributed by atoms with Crippen molar-refractivity contribution < 1.29 is 14.5 Å². The van der Waals surface area contributed by atoms with E-state index in [0.29, 0.717) is 31.0 Å². The number of hydrogen-bond donors (Lipinski definition) is 0. The Bertz CT molecular complexity index is 795. The van der Waals surface area contributed by atoms with Crippen LogP contribution >= 0.6 is 0 Å². The van der Waals surface area contributed by atoms with Gasteiger partial charge in [-0.25, -0.2) is 0 Å². The second kappa shape index (κ2) is 7.95. The van der Waals surface area contributed by atoms with Crippen LogP contribution in [0.3, 0.4) is 0 Å². The van der Waals surface area contributed by atoms with Gasteiger partial charge in [0.2, 0.25) is 0 Å². The molecule has 0 bridgehead atoms. The maximum atomic E-state index is 12.8. The van der Waals surface area contributed by atoms with Crippen LogP contribution in [0.25, 0.3) is 0 Å². The highest BCUT2D eigenvalue weighted by atomic mass is 16.6. The number of aryl methyl sites for hydroxylation is 1. The van der Waals surface area contributed by atoms with Crippen LogP contribution in [0.1, 0.15) is 28.9 Å². The van der Waals surface area contributed by atoms with Crippen molar-refractivity contribution in [3.8, 4) is 5.75 Å². The summed E-state index contributed by atoms with van der Waals surface area (Å²) in [7, 11) is 0. The number of likely N-dealkylation sites (tertiary alicyclic amines) is 1. The number of carbonyl (C=O) groups excluding carboxylic acids is 1. The van der Waals surface area contributed by atoms with Crippen LogP contribution < -0.4 is 4.74 Å². The number of nitro groups is 1. The monoisotopic (exact) mass is 355 g/mol. The minimum Gasteiger partial charge on any atom is -0.493 e. The topological polar surface area (TPSA) is 85.6 Å². The molecule has 2 aromatic rings. The van der Waals surface area contributed by atoms with Crippen molar-refractivity contribution in [2.45, 2.75) is 19.8 Å². The van der Waals surface area contributed by atoms with Crippen molar-refractivity contribution in [1.82, 2.24) is 9.88 Å². The summed E-state index contributed by atoms with van der Waals surface area (Å²) in [4.78, 5) is 29.0. The second-order valence-corrected chi connectivity index (χ2v) is 6.47. The summed E-state index contributed by atoms with van der Waals surface area (Å²) in [5.41, 5.74) is 0.631. The molecule has 1 aliphatic rings. The van der Waals surface area contributed by atoms with E-state index in [1.165, 1.54) is 12.3 Å². The van der Waals surface area contributed by atoms with Gasteiger partial charge in [0.25, 0.3) is 11.6 Å². The first kappa shape index (κ1) is 17.8. The van der Waals surface area contributed by atoms with E-state index < -0.39 is 4.92 Å². The maximum absolute atomic E-state index is 12.8. The molecule has 0 radical (unpaired) electrons. The van der Waals surface area contributed by atoms with E-state index >= 15 is 0 Å². The number of pyridine rings is 1. The van der Waals surface area contributed by atoms with Gasteiger partial charge < -0.3 is 9.64 Å². The second-order valence-electron chi connectivity index (χ2n) is 6.47. The Morgan fingerprint density at radius 1 is 1.38 bits per heavy atom. The molecular weight excluding hydrogens is 334 g/mol. The molecule has 1 saturated heterocycles. The number of amides is 1. The number of para-hydroxylation sites is 1. The van der Waals surface area contributed by atoms with Gasteiger partial charge in [0.1, 0.15) is 11.9 Å². The lowest BCUT2D eigenvalue weighted by molar-refractivity contribution is -0.385. The van der Waals surface area contributed by atoms with E-state index in [0.717, 1.165) is 18.6 Å². The number of rotatable bonds is 5. The molecule has 1 aliphatic heterocycles. The number of piperidine rings is 1. The van der Waals surface area contributed by atoms with Crippen molar-refractivity contribution in [3.63, 3.8) is 0 Å². The fourth-order valence-corrected chi connectivity index (χ4v) is 3.13. The minimum atomic E-state index is -0.532. The fourth-order valence-electron chi connectivity index (χ4n) is 3.13. The molecule has 1 atom stereocenters. The van der Waals surface area contributed by atoms with E-state index in [2.05, 4.69) is 4.98 Å². The molecule has 136 valence electrons. The summed E-state index contributed by atoms with van der Waals surface area (Å²) in [5, 5.41) is 11.0. The molecule has 7 nitrogen and oxygen atoms in total. The van der Waals surface area contributed by atoms with Gasteiger partial charge in [-0.15, -0.1) is 0 Å². The highest BCUT2D eigenvalue weighted by Crippen LogP contribution is 2.22. The quantitative estimate of drug-likeness (QED) is 0.607. The number of aromatic nitrogens is 1. The van der Waals surface area contributed by atoms with E-state index in [9.17, 15) is 14.9 Å². The average Bonchev–Trinajstić information content (AvgIpc) is 2.67. The Morgan fingerprint density at radius 3 is 2.88 bits per heavy atom. The summed E-state index contributed by atoms with van der Waals surface area (Å²) in [6.07, 6.45) is 3.05. The highest BCUT2D eigenvalue weighted by molar-refractivity contribution is 5.95. The molecule has 1 fully saturated rings. The Hall–Kier alpha value is -2.96. The normalized spacial score (nSPS) is 17.0. The Kier molecular flexibility index (Phi) is 5.46. The largest absolute Gasteiger partial charge is 0.493 e. The Labute approximate surface area is 151 Å². The molecule has 1 amide bonds. The molecule has 26 heavy (non-hydrogen) atoms. The van der Waals surface area contributed by atoms with Gasteiger partial charge in [0, 0.05) is 25.1 Å². The molecule has 0 spiro atoms. The van der Waals surface area contributed by atoms with Crippen LogP contribution in [-0.2, 0) is 0 Å². The average molecular weight is 355 g/mol. The summed E-state index contributed by atoms with van der Waals surface area (Å²) in [5.74, 6) is 0.845. The van der Waals surface area contributed by atoms with Crippen LogP contribution in [0.5, 0.6) is 5.75 Å². The number of ether oxygens (including phenoxy) is 1. The predicted octanol–water partition coefficient (Wildman–Crippen LogP) is 3.23. The number of benzene rings is 1. The summed E-state index contributed by atoms with van der Waals surface area (Å²) in [6.45, 7) is 3.45. The van der Waals surface area contributed by atoms with Gasteiger partial charge >= 0.3 is 0 Å². The van der Waals surface area contributed by atoms with Gasteiger partial charge in [-0.05, 0) is 31.9 Å². The minimum absolute atomic E-state index is 0.167. The third-order valence-electron chi connectivity index (χ3n) is 4.55. The third kappa shape index (κ3) is 4.17. The molecule has 7 heteroatoms. The van der Waals surface area contributed by atoms with Crippen LogP contribution in [-0.4, -0.2) is 40.4 Å². The van der Waals surface area contributed by atoms with Gasteiger partial charge in [-0.2, -0.15) is 0 Å². The molecule has 1 aromatic heterocycles. The lowest BCUT2D eigenvalue weighted by Gasteiger charge is -2.32. The molecule has 1 aromatic carbocycles. The van der Waals surface area contributed by atoms with Crippen LogP contribution in [0.4, 0.5) is 5.69 Å². The van der Waals surface area contributed by atoms with Gasteiger partial charge in [0.05, 0.1) is 22.8 Å². The van der Waals surface area contributed by atoms with Gasteiger partial charge in [0.15, 0.2) is 0 Å². The van der Waals surface area contributed by atoms with Crippen molar-refractivity contribution in [3.05, 3.63) is 64.0 Å². The van der Waals surface area contributed by atoms with Crippen LogP contribution in [0.15, 0.2) is 42.6 Å². The smallest absolute Gasteiger partial charge is 0.288 e. The van der Waals surface area contributed by atoms with Gasteiger partial charge in [-0.1, -0.05) is 18.2 Å². The zero-order valence-electron chi connectivity index (χ0n) is 14.6. The summed E-state index contributed by atoms with van der Waals surface area (Å²) >= 11 is 0. The van der Waals surface area contributed by atoms with E-state index in [1.54, 1.807) is 11.8 Å². The first-order valence-electron chi connectivity index (χ1n) is 8.63. The van der Waals surface area contributed by atoms with Crippen LogP contribution in [0, 0.1) is 23.0 Å². The standard InChI is InChI=1S/C19H21N3O4/c1-14-18(10-16(11-20-14)22(24)25)19(23)21-9-5-6-15(12-21)13-26-17-7-3-2-4-8-17/h2-4,7-8,10-11,15H,5-6,9,12-13H2,1H3. The fraction of sp³-hybridized carbons (Fsp3) is 0.368. The zero-order valence-corrected chi connectivity index (χ0v) is 14.6. The summed E-state index contributed by atoms with van der Waals surface area (Å²) in [6, 6.07) is 10.9. The van der Waals surface area contributed by atoms with Crippen molar-refractivity contribution >= 4 is 11.6 Å². The zero-order chi connectivity index (χ0) is 18.5. The molecule has 3 rings (SSSR count). The van der Waals surface area contributed by atoms with E-state index in [-0.39, 0.29) is 17.5 Å². The first-order chi connectivity index (χ1) is 12.5. The van der Waals surface area contributed by atoms with Crippen molar-refractivity contribution in [2.75, 3.05) is 19.7 Å². The molecule has 0 saturated carbocycles. The van der Waals surface area contributed by atoms with Crippen molar-refractivity contribution in [2.24, 2.45) is 5.92 Å². The SMILES string of the molecule is Cc1ncc([N+](=O)[O-])cc1C(=O)N1CCCC(COc2ccccc2)C1. The predicted molar refractivity (Wildman–Crippen MR) is 96.2 cm³/mol. The Balaban J connectivity index is 1.66. The van der Waals surface area contributed by atoms with Crippen molar-refractivity contribution in [1.29, 1.82) is 0 Å². The van der Waals surface area contributed by atoms with E-state index in [1.807, 2.05) is 30.3 Å². The Morgan fingerprint density at radius 2 is 2.15 bits per heavy atom. The number of nitrogens with zero attached hydrogens (tertiary/aromatic N) is 3. The maximum Gasteiger partial charge on any atom is 0.288 e. The molecular formula is C19H21N3O4. The lowest BCUT2D eigenvalue weighted by atomic mass is 9.98. The number of carbonyl (C=O) groups is 1. The molecule has 0 N–H and O–H groups in total. The van der Waals surface area contributed by atoms with Gasteiger partial charge in [-0.3, -0.25) is 19.9 Å². The highest BCUT2D eigenvalue weighted by Gasteiger charge is 2.27. The molecule has 2 heterocycles. The lowest BCUT2D eigenvalue weighted by Crippen LogP contribution is -2.41. The van der Waals surface area contributed by atoms with Crippen LogP contribution in [0.2, 0.25) is 0 Å². The number of hydrogen-bond acceptors (Lipinski definition) is 5. The molecule has 0 aliphatic carbocycles.